The van der Waals surface area contributed by atoms with E-state index in [1.165, 1.54) is 5.56 Å². The van der Waals surface area contributed by atoms with Gasteiger partial charge < -0.3 is 13.9 Å². The van der Waals surface area contributed by atoms with Crippen molar-refractivity contribution in [2.24, 2.45) is 0 Å². The summed E-state index contributed by atoms with van der Waals surface area (Å²) in [5, 5.41) is 17.5. The van der Waals surface area contributed by atoms with E-state index in [4.69, 9.17) is 8.83 Å². The van der Waals surface area contributed by atoms with Gasteiger partial charge in [0, 0.05) is 13.1 Å². The minimum Gasteiger partial charge on any atom is -0.466 e. The Kier molecular flexibility index (Phi) is 5.08. The van der Waals surface area contributed by atoms with Crippen molar-refractivity contribution < 1.29 is 13.9 Å². The molecule has 0 fully saturated rings. The summed E-state index contributed by atoms with van der Waals surface area (Å²) in [6, 6.07) is 12.0. The summed E-state index contributed by atoms with van der Waals surface area (Å²) in [5.41, 5.74) is 2.00. The lowest BCUT2D eigenvalue weighted by atomic mass is 10.2. The Balaban J connectivity index is 1.72. The van der Waals surface area contributed by atoms with Crippen molar-refractivity contribution in [1.82, 2.24) is 15.1 Å². The molecule has 0 aliphatic heterocycles. The van der Waals surface area contributed by atoms with Crippen LogP contribution in [0.25, 0.3) is 11.5 Å². The van der Waals surface area contributed by atoms with E-state index in [0.717, 1.165) is 17.1 Å². The van der Waals surface area contributed by atoms with E-state index in [9.17, 15) is 5.11 Å². The van der Waals surface area contributed by atoms with Gasteiger partial charge in [0.1, 0.15) is 11.5 Å². The molecule has 0 aliphatic carbocycles. The molecule has 6 nitrogen and oxygen atoms in total. The molecular formula is C18H21N3O3. The first-order valence-corrected chi connectivity index (χ1v) is 7.92. The van der Waals surface area contributed by atoms with Gasteiger partial charge in [-0.15, -0.1) is 10.2 Å². The molecule has 0 radical (unpaired) electrons. The molecule has 0 unspecified atom stereocenters. The summed E-state index contributed by atoms with van der Waals surface area (Å²) in [6.07, 6.45) is 0. The molecule has 126 valence electrons. The molecule has 1 N–H and O–H groups in total. The molecule has 0 saturated heterocycles. The van der Waals surface area contributed by atoms with Crippen LogP contribution >= 0.6 is 0 Å². The maximum absolute atomic E-state index is 9.29. The smallest absolute Gasteiger partial charge is 0.251 e. The lowest BCUT2D eigenvalue weighted by Crippen LogP contribution is -2.26. The molecule has 0 bridgehead atoms. The van der Waals surface area contributed by atoms with Crippen LogP contribution in [-0.2, 0) is 13.1 Å². The number of rotatable bonds is 7. The van der Waals surface area contributed by atoms with Crippen LogP contribution in [-0.4, -0.2) is 33.4 Å². The van der Waals surface area contributed by atoms with Crippen molar-refractivity contribution >= 4 is 0 Å². The zero-order valence-electron chi connectivity index (χ0n) is 13.9. The first-order chi connectivity index (χ1) is 11.7. The Hall–Kier alpha value is -2.44. The molecule has 6 heteroatoms. The van der Waals surface area contributed by atoms with Gasteiger partial charge in [-0.25, -0.2) is 0 Å². The molecule has 2 heterocycles. The third kappa shape index (κ3) is 3.90. The molecule has 3 aromatic rings. The minimum absolute atomic E-state index is 0.0772. The Morgan fingerprint density at radius 1 is 1.04 bits per heavy atom. The predicted octanol–water partition coefficient (Wildman–Crippen LogP) is 2.94. The first-order valence-electron chi connectivity index (χ1n) is 7.92. The summed E-state index contributed by atoms with van der Waals surface area (Å²) < 4.78 is 11.3. The molecule has 3 rings (SSSR count). The first kappa shape index (κ1) is 16.4. The van der Waals surface area contributed by atoms with E-state index in [1.807, 2.05) is 38.1 Å². The second-order valence-electron chi connectivity index (χ2n) is 5.75. The third-order valence-electron chi connectivity index (χ3n) is 3.76. The van der Waals surface area contributed by atoms with E-state index >= 15 is 0 Å². The fraction of sp³-hybridized carbons (Fsp3) is 0.333. The third-order valence-corrected chi connectivity index (χ3v) is 3.76. The van der Waals surface area contributed by atoms with E-state index in [0.29, 0.717) is 31.4 Å². The highest BCUT2D eigenvalue weighted by Crippen LogP contribution is 2.25. The van der Waals surface area contributed by atoms with Crippen LogP contribution in [0, 0.1) is 13.8 Å². The van der Waals surface area contributed by atoms with Gasteiger partial charge in [-0.3, -0.25) is 4.90 Å². The number of benzene rings is 1. The second kappa shape index (κ2) is 7.42. The number of furan rings is 1. The zero-order chi connectivity index (χ0) is 16.9. The van der Waals surface area contributed by atoms with E-state index < -0.39 is 0 Å². The fourth-order valence-corrected chi connectivity index (χ4v) is 2.66. The van der Waals surface area contributed by atoms with Gasteiger partial charge in [-0.05, 0) is 25.5 Å². The molecule has 0 amide bonds. The summed E-state index contributed by atoms with van der Waals surface area (Å²) >= 11 is 0. The van der Waals surface area contributed by atoms with Gasteiger partial charge in [0.2, 0.25) is 5.89 Å². The number of aliphatic hydroxyl groups excluding tert-OH is 1. The minimum atomic E-state index is 0.0772. The molecule has 2 aromatic heterocycles. The Bertz CT molecular complexity index is 780. The van der Waals surface area contributed by atoms with Crippen molar-refractivity contribution in [3.63, 3.8) is 0 Å². The summed E-state index contributed by atoms with van der Waals surface area (Å²) in [7, 11) is 0. The number of hydrogen-bond donors (Lipinski definition) is 1. The molecule has 1 aromatic carbocycles. The summed E-state index contributed by atoms with van der Waals surface area (Å²) in [4.78, 5) is 2.07. The monoisotopic (exact) mass is 327 g/mol. The number of aromatic nitrogens is 2. The van der Waals surface area contributed by atoms with E-state index in [2.05, 4.69) is 27.2 Å². The van der Waals surface area contributed by atoms with Crippen molar-refractivity contribution in [2.45, 2.75) is 26.9 Å². The van der Waals surface area contributed by atoms with Crippen LogP contribution in [0.5, 0.6) is 0 Å². The van der Waals surface area contributed by atoms with Gasteiger partial charge in [0.25, 0.3) is 5.89 Å². The quantitative estimate of drug-likeness (QED) is 0.719. The summed E-state index contributed by atoms with van der Waals surface area (Å²) in [6.45, 7) is 5.57. The van der Waals surface area contributed by atoms with E-state index in [-0.39, 0.29) is 6.61 Å². The number of hydrogen-bond acceptors (Lipinski definition) is 6. The second-order valence-corrected chi connectivity index (χ2v) is 5.75. The molecule has 0 spiro atoms. The maximum atomic E-state index is 9.29. The van der Waals surface area contributed by atoms with Crippen molar-refractivity contribution in [3.8, 4) is 11.5 Å². The standard InChI is InChI=1S/C18H21N3O3/c1-13-10-16(14(2)23-13)18-20-19-17(24-18)12-21(8-9-22)11-15-6-4-3-5-7-15/h3-7,10,22H,8-9,11-12H2,1-2H3. The maximum Gasteiger partial charge on any atom is 0.251 e. The largest absolute Gasteiger partial charge is 0.466 e. The van der Waals surface area contributed by atoms with E-state index in [1.54, 1.807) is 0 Å². The Morgan fingerprint density at radius 2 is 1.83 bits per heavy atom. The highest BCUT2D eigenvalue weighted by molar-refractivity contribution is 5.55. The molecule has 0 aliphatic rings. The number of nitrogens with zero attached hydrogens (tertiary/aromatic N) is 3. The van der Waals surface area contributed by atoms with Gasteiger partial charge in [0.15, 0.2) is 0 Å². The number of aliphatic hydroxyl groups is 1. The van der Waals surface area contributed by atoms with Crippen LogP contribution in [0.2, 0.25) is 0 Å². The van der Waals surface area contributed by atoms with Crippen LogP contribution in [0.15, 0.2) is 45.2 Å². The van der Waals surface area contributed by atoms with Crippen molar-refractivity contribution in [1.29, 1.82) is 0 Å². The van der Waals surface area contributed by atoms with Gasteiger partial charge in [-0.2, -0.15) is 0 Å². The van der Waals surface area contributed by atoms with Crippen molar-refractivity contribution in [2.75, 3.05) is 13.2 Å². The zero-order valence-corrected chi connectivity index (χ0v) is 13.9. The SMILES string of the molecule is Cc1cc(-c2nnc(CN(CCO)Cc3ccccc3)o2)c(C)o1. The average molecular weight is 327 g/mol. The average Bonchev–Trinajstić information content (AvgIpc) is 3.14. The van der Waals surface area contributed by atoms with Gasteiger partial charge >= 0.3 is 0 Å². The highest BCUT2D eigenvalue weighted by Gasteiger charge is 2.16. The van der Waals surface area contributed by atoms with Gasteiger partial charge in [0.05, 0.1) is 18.7 Å². The topological polar surface area (TPSA) is 75.5 Å². The van der Waals surface area contributed by atoms with Gasteiger partial charge in [-0.1, -0.05) is 30.3 Å². The van der Waals surface area contributed by atoms with Crippen LogP contribution in [0.4, 0.5) is 0 Å². The molecule has 24 heavy (non-hydrogen) atoms. The molecule has 0 atom stereocenters. The van der Waals surface area contributed by atoms with Crippen LogP contribution in [0.3, 0.4) is 0 Å². The highest BCUT2D eigenvalue weighted by atomic mass is 16.4. The predicted molar refractivity (Wildman–Crippen MR) is 89.1 cm³/mol. The molecule has 0 saturated carbocycles. The number of aryl methyl sites for hydroxylation is 2. The Labute approximate surface area is 140 Å². The molecular weight excluding hydrogens is 306 g/mol. The fourth-order valence-electron chi connectivity index (χ4n) is 2.66. The van der Waals surface area contributed by atoms with Crippen molar-refractivity contribution in [3.05, 3.63) is 59.4 Å². The lowest BCUT2D eigenvalue weighted by Gasteiger charge is -2.19. The van der Waals surface area contributed by atoms with Crippen LogP contribution in [0.1, 0.15) is 23.0 Å². The Morgan fingerprint density at radius 3 is 2.50 bits per heavy atom. The summed E-state index contributed by atoms with van der Waals surface area (Å²) in [5.74, 6) is 2.56. The van der Waals surface area contributed by atoms with Crippen LogP contribution < -0.4 is 0 Å². The lowest BCUT2D eigenvalue weighted by molar-refractivity contribution is 0.173. The normalized spacial score (nSPS) is 11.3.